The van der Waals surface area contributed by atoms with Crippen molar-refractivity contribution in [1.82, 2.24) is 4.98 Å². The van der Waals surface area contributed by atoms with Gasteiger partial charge in [-0.05, 0) is 30.3 Å². The lowest BCUT2D eigenvalue weighted by Gasteiger charge is -2.01. The number of nitrogens with zero attached hydrogens (tertiary/aromatic N) is 1. The third-order valence-electron chi connectivity index (χ3n) is 3.20. The van der Waals surface area contributed by atoms with Crippen LogP contribution in [0, 0.1) is 0 Å². The van der Waals surface area contributed by atoms with E-state index in [0.717, 1.165) is 27.4 Å². The molecule has 2 aromatic carbocycles. The molecule has 0 N–H and O–H groups in total. The van der Waals surface area contributed by atoms with Gasteiger partial charge in [0.2, 0.25) is 0 Å². The molecule has 92 valence electrons. The van der Waals surface area contributed by atoms with Crippen molar-refractivity contribution in [3.8, 4) is 0 Å². The smallest absolute Gasteiger partial charge is 0.173 e. The van der Waals surface area contributed by atoms with Crippen LogP contribution < -0.4 is 0 Å². The minimum atomic E-state index is 0.554. The van der Waals surface area contributed by atoms with E-state index in [4.69, 9.17) is 27.6 Å². The van der Waals surface area contributed by atoms with Crippen molar-refractivity contribution < 1.29 is 4.42 Å². The topological polar surface area (TPSA) is 26.0 Å². The second kappa shape index (κ2) is 3.86. The summed E-state index contributed by atoms with van der Waals surface area (Å²) in [6.45, 7) is 0. The Balaban J connectivity index is 2.29. The number of benzene rings is 2. The highest BCUT2D eigenvalue weighted by Crippen LogP contribution is 2.36. The zero-order chi connectivity index (χ0) is 13.0. The van der Waals surface area contributed by atoms with Crippen LogP contribution in [0.1, 0.15) is 0 Å². The van der Waals surface area contributed by atoms with Gasteiger partial charge < -0.3 is 4.42 Å². The van der Waals surface area contributed by atoms with E-state index in [1.165, 1.54) is 0 Å². The lowest BCUT2D eigenvalue weighted by atomic mass is 10.2. The molecular weight excluding hydrogens is 281 g/mol. The third-order valence-corrected chi connectivity index (χ3v) is 3.81. The summed E-state index contributed by atoms with van der Waals surface area (Å²) in [5, 5.41) is 2.96. The molecule has 0 bridgehead atoms. The van der Waals surface area contributed by atoms with Crippen LogP contribution in [0.4, 0.5) is 0 Å². The standard InChI is InChI=1S/C15H7Cl2NO/c16-8-5-6-11-10(7-8)13(17)15-14(18-11)9-3-1-2-4-12(9)19-15/h1-7H. The number of aromatic nitrogens is 1. The van der Waals surface area contributed by atoms with E-state index in [1.807, 2.05) is 30.3 Å². The molecule has 0 aliphatic rings. The molecule has 0 atom stereocenters. The van der Waals surface area contributed by atoms with E-state index in [2.05, 4.69) is 4.98 Å². The number of furan rings is 1. The minimum absolute atomic E-state index is 0.554. The first-order chi connectivity index (χ1) is 9.24. The molecule has 0 amide bonds. The molecule has 0 fully saturated rings. The Morgan fingerprint density at radius 1 is 0.947 bits per heavy atom. The Morgan fingerprint density at radius 2 is 1.79 bits per heavy atom. The maximum atomic E-state index is 6.43. The molecule has 4 rings (SSSR count). The molecule has 0 saturated carbocycles. The van der Waals surface area contributed by atoms with Crippen LogP contribution in [0.25, 0.3) is 33.0 Å². The average molecular weight is 288 g/mol. The number of para-hydroxylation sites is 1. The molecule has 0 spiro atoms. The maximum absolute atomic E-state index is 6.43. The Morgan fingerprint density at radius 3 is 2.68 bits per heavy atom. The highest BCUT2D eigenvalue weighted by molar-refractivity contribution is 6.41. The van der Waals surface area contributed by atoms with Crippen molar-refractivity contribution in [1.29, 1.82) is 0 Å². The maximum Gasteiger partial charge on any atom is 0.173 e. The Labute approximate surface area is 118 Å². The molecule has 4 heteroatoms. The van der Waals surface area contributed by atoms with Crippen molar-refractivity contribution in [3.05, 3.63) is 52.5 Å². The first kappa shape index (κ1) is 11.1. The van der Waals surface area contributed by atoms with Crippen LogP contribution in [0.15, 0.2) is 46.9 Å². The van der Waals surface area contributed by atoms with Gasteiger partial charge in [0.25, 0.3) is 0 Å². The molecule has 2 nitrogen and oxygen atoms in total. The molecule has 2 aromatic heterocycles. The van der Waals surface area contributed by atoms with Gasteiger partial charge in [-0.2, -0.15) is 0 Å². The Bertz CT molecular complexity index is 943. The van der Waals surface area contributed by atoms with Gasteiger partial charge in [0.05, 0.1) is 10.5 Å². The molecule has 0 radical (unpaired) electrons. The van der Waals surface area contributed by atoms with Crippen molar-refractivity contribution in [2.45, 2.75) is 0 Å². The highest BCUT2D eigenvalue weighted by Gasteiger charge is 2.14. The summed E-state index contributed by atoms with van der Waals surface area (Å²) in [5.74, 6) is 0. The van der Waals surface area contributed by atoms with Gasteiger partial charge in [-0.3, -0.25) is 0 Å². The fourth-order valence-electron chi connectivity index (χ4n) is 2.32. The van der Waals surface area contributed by atoms with Crippen LogP contribution in [0.3, 0.4) is 0 Å². The van der Waals surface area contributed by atoms with Gasteiger partial charge in [-0.1, -0.05) is 35.3 Å². The number of pyridine rings is 1. The fraction of sp³-hybridized carbons (Fsp3) is 0. The van der Waals surface area contributed by atoms with Crippen LogP contribution in [-0.4, -0.2) is 4.98 Å². The number of halogens is 2. The second-order valence-corrected chi connectivity index (χ2v) is 5.18. The van der Waals surface area contributed by atoms with Gasteiger partial charge >= 0.3 is 0 Å². The summed E-state index contributed by atoms with van der Waals surface area (Å²) in [6.07, 6.45) is 0. The van der Waals surface area contributed by atoms with E-state index in [1.54, 1.807) is 12.1 Å². The SMILES string of the molecule is Clc1ccc2nc3c(oc4ccccc43)c(Cl)c2c1. The summed E-state index contributed by atoms with van der Waals surface area (Å²) in [4.78, 5) is 4.63. The van der Waals surface area contributed by atoms with Gasteiger partial charge in [-0.25, -0.2) is 4.98 Å². The summed E-state index contributed by atoms with van der Waals surface area (Å²) in [7, 11) is 0. The van der Waals surface area contributed by atoms with E-state index < -0.39 is 0 Å². The first-order valence-corrected chi connectivity index (χ1v) is 6.55. The average Bonchev–Trinajstić information content (AvgIpc) is 2.79. The van der Waals surface area contributed by atoms with Crippen molar-refractivity contribution in [3.63, 3.8) is 0 Å². The van der Waals surface area contributed by atoms with Gasteiger partial charge in [-0.15, -0.1) is 0 Å². The summed E-state index contributed by atoms with van der Waals surface area (Å²) in [6, 6.07) is 13.2. The van der Waals surface area contributed by atoms with E-state index >= 15 is 0 Å². The van der Waals surface area contributed by atoms with Gasteiger partial charge in [0.1, 0.15) is 11.1 Å². The zero-order valence-corrected chi connectivity index (χ0v) is 11.2. The number of rotatable bonds is 0. The predicted molar refractivity (Wildman–Crippen MR) is 79.0 cm³/mol. The molecule has 0 aliphatic carbocycles. The lowest BCUT2D eigenvalue weighted by Crippen LogP contribution is -1.82. The third kappa shape index (κ3) is 1.54. The molecule has 2 heterocycles. The van der Waals surface area contributed by atoms with Gasteiger partial charge in [0, 0.05) is 15.8 Å². The fourth-order valence-corrected chi connectivity index (χ4v) is 2.77. The molecule has 19 heavy (non-hydrogen) atoms. The second-order valence-electron chi connectivity index (χ2n) is 4.36. The molecular formula is C15H7Cl2NO. The largest absolute Gasteiger partial charge is 0.453 e. The van der Waals surface area contributed by atoms with Crippen molar-refractivity contribution >= 4 is 56.2 Å². The zero-order valence-electron chi connectivity index (χ0n) is 9.65. The quantitative estimate of drug-likeness (QED) is 0.430. The number of fused-ring (bicyclic) bond motifs is 4. The van der Waals surface area contributed by atoms with Crippen molar-refractivity contribution in [2.75, 3.05) is 0 Å². The van der Waals surface area contributed by atoms with Crippen LogP contribution in [0.2, 0.25) is 10.0 Å². The highest BCUT2D eigenvalue weighted by atomic mass is 35.5. The summed E-state index contributed by atoms with van der Waals surface area (Å²) < 4.78 is 5.79. The van der Waals surface area contributed by atoms with Crippen LogP contribution >= 0.6 is 23.2 Å². The van der Waals surface area contributed by atoms with E-state index in [-0.39, 0.29) is 0 Å². The van der Waals surface area contributed by atoms with E-state index in [9.17, 15) is 0 Å². The van der Waals surface area contributed by atoms with Crippen LogP contribution in [0.5, 0.6) is 0 Å². The molecule has 0 saturated heterocycles. The molecule has 0 aliphatic heterocycles. The summed E-state index contributed by atoms with van der Waals surface area (Å²) >= 11 is 12.4. The molecule has 4 aromatic rings. The Kier molecular flexibility index (Phi) is 2.25. The van der Waals surface area contributed by atoms with Crippen LogP contribution in [-0.2, 0) is 0 Å². The minimum Gasteiger partial charge on any atom is -0.453 e. The van der Waals surface area contributed by atoms with Crippen molar-refractivity contribution in [2.24, 2.45) is 0 Å². The van der Waals surface area contributed by atoms with E-state index in [0.29, 0.717) is 15.6 Å². The summed E-state index contributed by atoms with van der Waals surface area (Å²) in [5.41, 5.74) is 3.00. The predicted octanol–water partition coefficient (Wildman–Crippen LogP) is 5.44. The monoisotopic (exact) mass is 287 g/mol. The number of hydrogen-bond donors (Lipinski definition) is 0. The molecule has 0 unspecified atom stereocenters. The lowest BCUT2D eigenvalue weighted by molar-refractivity contribution is 0.669. The number of hydrogen-bond acceptors (Lipinski definition) is 2. The Hall–Kier alpha value is -1.77. The first-order valence-electron chi connectivity index (χ1n) is 5.80. The normalized spacial score (nSPS) is 11.7. The van der Waals surface area contributed by atoms with Gasteiger partial charge in [0.15, 0.2) is 5.58 Å².